The maximum absolute atomic E-state index is 5.86. The monoisotopic (exact) mass is 236 g/mol. The minimum atomic E-state index is 0.225. The van der Waals surface area contributed by atoms with Crippen LogP contribution in [0.4, 0.5) is 0 Å². The van der Waals surface area contributed by atoms with Crippen LogP contribution in [0.25, 0.3) is 0 Å². The van der Waals surface area contributed by atoms with E-state index < -0.39 is 0 Å². The van der Waals surface area contributed by atoms with Crippen molar-refractivity contribution in [2.75, 3.05) is 0 Å². The predicted octanol–water partition coefficient (Wildman–Crippen LogP) is 3.00. The standard InChI is InChI=1S/C14H24N2O/c1-10(2)12(5)17-14-6-7-15-13(8-14)9-16-11(3)4/h6-8,10-12,16H,9H2,1-5H3. The molecule has 1 N–H and O–H groups in total. The minimum absolute atomic E-state index is 0.225. The van der Waals surface area contributed by atoms with Crippen LogP contribution in [0.1, 0.15) is 40.3 Å². The van der Waals surface area contributed by atoms with E-state index in [1.165, 1.54) is 0 Å². The Balaban J connectivity index is 2.59. The topological polar surface area (TPSA) is 34.1 Å². The van der Waals surface area contributed by atoms with Gasteiger partial charge < -0.3 is 10.1 Å². The summed E-state index contributed by atoms with van der Waals surface area (Å²) in [5.41, 5.74) is 1.02. The van der Waals surface area contributed by atoms with Crippen LogP contribution < -0.4 is 10.1 Å². The molecule has 0 radical (unpaired) electrons. The molecule has 1 rings (SSSR count). The van der Waals surface area contributed by atoms with E-state index in [0.29, 0.717) is 12.0 Å². The lowest BCUT2D eigenvalue weighted by molar-refractivity contribution is 0.170. The van der Waals surface area contributed by atoms with Crippen molar-refractivity contribution >= 4 is 0 Å². The first-order valence-electron chi connectivity index (χ1n) is 6.34. The molecule has 1 aromatic heterocycles. The lowest BCUT2D eigenvalue weighted by Crippen LogP contribution is -2.22. The predicted molar refractivity (Wildman–Crippen MR) is 71.1 cm³/mol. The largest absolute Gasteiger partial charge is 0.490 e. The van der Waals surface area contributed by atoms with Crippen molar-refractivity contribution in [3.8, 4) is 5.75 Å². The van der Waals surface area contributed by atoms with E-state index in [1.54, 1.807) is 6.20 Å². The molecule has 0 saturated carbocycles. The smallest absolute Gasteiger partial charge is 0.123 e. The molecule has 3 nitrogen and oxygen atoms in total. The normalized spacial score (nSPS) is 13.1. The van der Waals surface area contributed by atoms with Gasteiger partial charge in [-0.25, -0.2) is 0 Å². The van der Waals surface area contributed by atoms with Crippen LogP contribution in [0.3, 0.4) is 0 Å². The summed E-state index contributed by atoms with van der Waals surface area (Å²) < 4.78 is 5.86. The van der Waals surface area contributed by atoms with Crippen molar-refractivity contribution in [2.24, 2.45) is 5.92 Å². The van der Waals surface area contributed by atoms with E-state index in [4.69, 9.17) is 4.74 Å². The maximum atomic E-state index is 5.86. The SMILES string of the molecule is CC(C)NCc1cc(OC(C)C(C)C)ccn1. The van der Waals surface area contributed by atoms with Crippen LogP contribution in [0.5, 0.6) is 5.75 Å². The molecule has 0 aromatic carbocycles. The van der Waals surface area contributed by atoms with E-state index in [-0.39, 0.29) is 6.10 Å². The second kappa shape index (κ2) is 6.60. The molecule has 0 aliphatic heterocycles. The third kappa shape index (κ3) is 5.18. The number of hydrogen-bond donors (Lipinski definition) is 1. The van der Waals surface area contributed by atoms with Gasteiger partial charge in [0.05, 0.1) is 11.8 Å². The Morgan fingerprint density at radius 2 is 1.94 bits per heavy atom. The fourth-order valence-electron chi connectivity index (χ4n) is 1.29. The van der Waals surface area contributed by atoms with E-state index in [1.807, 2.05) is 12.1 Å². The number of nitrogens with one attached hydrogen (secondary N) is 1. The summed E-state index contributed by atoms with van der Waals surface area (Å²) in [5.74, 6) is 1.42. The molecule has 3 heteroatoms. The zero-order valence-corrected chi connectivity index (χ0v) is 11.5. The maximum Gasteiger partial charge on any atom is 0.123 e. The van der Waals surface area contributed by atoms with Crippen LogP contribution in [-0.4, -0.2) is 17.1 Å². The molecule has 0 fully saturated rings. The van der Waals surface area contributed by atoms with Gasteiger partial charge in [0.25, 0.3) is 0 Å². The molecule has 0 amide bonds. The average molecular weight is 236 g/mol. The fraction of sp³-hybridized carbons (Fsp3) is 0.643. The number of hydrogen-bond acceptors (Lipinski definition) is 3. The van der Waals surface area contributed by atoms with Crippen molar-refractivity contribution in [3.05, 3.63) is 24.0 Å². The van der Waals surface area contributed by atoms with Crippen molar-refractivity contribution < 1.29 is 4.74 Å². The Morgan fingerprint density at radius 3 is 2.53 bits per heavy atom. The zero-order valence-electron chi connectivity index (χ0n) is 11.5. The van der Waals surface area contributed by atoms with Crippen LogP contribution in [0.2, 0.25) is 0 Å². The molecule has 96 valence electrons. The lowest BCUT2D eigenvalue weighted by Gasteiger charge is -2.18. The Labute approximate surface area is 105 Å². The highest BCUT2D eigenvalue weighted by Gasteiger charge is 2.09. The van der Waals surface area contributed by atoms with Crippen molar-refractivity contribution in [3.63, 3.8) is 0 Å². The third-order valence-corrected chi connectivity index (χ3v) is 2.74. The second-order valence-corrected chi connectivity index (χ2v) is 5.09. The Hall–Kier alpha value is -1.09. The van der Waals surface area contributed by atoms with Gasteiger partial charge in [0.15, 0.2) is 0 Å². The highest BCUT2D eigenvalue weighted by molar-refractivity contribution is 5.22. The summed E-state index contributed by atoms with van der Waals surface area (Å²) in [6.07, 6.45) is 2.03. The number of pyridine rings is 1. The Bertz CT molecular complexity index is 337. The van der Waals surface area contributed by atoms with E-state index in [2.05, 4.69) is 44.9 Å². The van der Waals surface area contributed by atoms with Gasteiger partial charge in [-0.15, -0.1) is 0 Å². The molecule has 1 atom stereocenters. The summed E-state index contributed by atoms with van der Waals surface area (Å²) in [5, 5.41) is 3.35. The summed E-state index contributed by atoms with van der Waals surface area (Å²) in [7, 11) is 0. The molecular formula is C14H24N2O. The number of aromatic nitrogens is 1. The first-order valence-corrected chi connectivity index (χ1v) is 6.34. The first kappa shape index (κ1) is 14.0. The molecule has 0 saturated heterocycles. The van der Waals surface area contributed by atoms with Crippen LogP contribution >= 0.6 is 0 Å². The number of nitrogens with zero attached hydrogens (tertiary/aromatic N) is 1. The third-order valence-electron chi connectivity index (χ3n) is 2.74. The quantitative estimate of drug-likeness (QED) is 0.824. The molecule has 0 bridgehead atoms. The van der Waals surface area contributed by atoms with Gasteiger partial charge in [-0.3, -0.25) is 4.98 Å². The highest BCUT2D eigenvalue weighted by atomic mass is 16.5. The molecule has 0 aliphatic carbocycles. The lowest BCUT2D eigenvalue weighted by atomic mass is 10.1. The summed E-state index contributed by atoms with van der Waals surface area (Å²) >= 11 is 0. The van der Waals surface area contributed by atoms with Crippen molar-refractivity contribution in [1.29, 1.82) is 0 Å². The van der Waals surface area contributed by atoms with Crippen LogP contribution in [0.15, 0.2) is 18.3 Å². The van der Waals surface area contributed by atoms with Crippen molar-refractivity contribution in [2.45, 2.75) is 53.3 Å². The van der Waals surface area contributed by atoms with Gasteiger partial charge >= 0.3 is 0 Å². The molecule has 0 aliphatic rings. The van der Waals surface area contributed by atoms with Crippen LogP contribution in [-0.2, 0) is 6.54 Å². The molecular weight excluding hydrogens is 212 g/mol. The van der Waals surface area contributed by atoms with Gasteiger partial charge in [-0.05, 0) is 18.9 Å². The summed E-state index contributed by atoms with van der Waals surface area (Å²) in [6.45, 7) is 11.4. The Kier molecular flexibility index (Phi) is 5.42. The van der Waals surface area contributed by atoms with Gasteiger partial charge in [0, 0.05) is 24.8 Å². The number of ether oxygens (including phenoxy) is 1. The van der Waals surface area contributed by atoms with Gasteiger partial charge in [-0.2, -0.15) is 0 Å². The van der Waals surface area contributed by atoms with E-state index >= 15 is 0 Å². The highest BCUT2D eigenvalue weighted by Crippen LogP contribution is 2.16. The second-order valence-electron chi connectivity index (χ2n) is 5.09. The van der Waals surface area contributed by atoms with E-state index in [9.17, 15) is 0 Å². The van der Waals surface area contributed by atoms with E-state index in [0.717, 1.165) is 18.0 Å². The Morgan fingerprint density at radius 1 is 1.24 bits per heavy atom. The minimum Gasteiger partial charge on any atom is -0.490 e. The molecule has 1 unspecified atom stereocenters. The summed E-state index contributed by atoms with van der Waals surface area (Å²) in [6, 6.07) is 4.39. The van der Waals surface area contributed by atoms with Crippen molar-refractivity contribution in [1.82, 2.24) is 10.3 Å². The number of rotatable bonds is 6. The van der Waals surface area contributed by atoms with Gasteiger partial charge in [-0.1, -0.05) is 27.7 Å². The molecule has 17 heavy (non-hydrogen) atoms. The van der Waals surface area contributed by atoms with Crippen LogP contribution in [0, 0.1) is 5.92 Å². The fourth-order valence-corrected chi connectivity index (χ4v) is 1.29. The first-order chi connectivity index (χ1) is 7.99. The molecule has 0 spiro atoms. The van der Waals surface area contributed by atoms with Gasteiger partial charge in [0.1, 0.15) is 5.75 Å². The van der Waals surface area contributed by atoms with Gasteiger partial charge in [0.2, 0.25) is 0 Å². The zero-order chi connectivity index (χ0) is 12.8. The molecule has 1 heterocycles. The molecule has 1 aromatic rings. The summed E-state index contributed by atoms with van der Waals surface area (Å²) in [4.78, 5) is 4.32. The average Bonchev–Trinajstić information content (AvgIpc) is 2.26.